The van der Waals surface area contributed by atoms with Crippen molar-refractivity contribution in [2.75, 3.05) is 39.5 Å². The highest BCUT2D eigenvalue weighted by atomic mass is 16.7. The van der Waals surface area contributed by atoms with E-state index in [0.29, 0.717) is 45.0 Å². The summed E-state index contributed by atoms with van der Waals surface area (Å²) in [6, 6.07) is 0. The molecule has 0 radical (unpaired) electrons. The first-order chi connectivity index (χ1) is 12.7. The van der Waals surface area contributed by atoms with Crippen LogP contribution >= 0.6 is 0 Å². The Morgan fingerprint density at radius 3 is 2.96 bits per heavy atom. The summed E-state index contributed by atoms with van der Waals surface area (Å²) in [5.41, 5.74) is 1.49. The number of aromatic nitrogens is 2. The summed E-state index contributed by atoms with van der Waals surface area (Å²) in [5, 5.41) is 4.37. The summed E-state index contributed by atoms with van der Waals surface area (Å²) in [5.74, 6) is -0.603. The van der Waals surface area contributed by atoms with Crippen LogP contribution in [-0.4, -0.2) is 72.2 Å². The normalized spacial score (nSPS) is 25.3. The minimum absolute atomic E-state index is 0.0127. The van der Waals surface area contributed by atoms with Crippen LogP contribution in [0.5, 0.6) is 0 Å². The number of amides is 1. The number of hydrogen-bond acceptors (Lipinski definition) is 6. The van der Waals surface area contributed by atoms with Gasteiger partial charge in [-0.25, -0.2) is 0 Å². The van der Waals surface area contributed by atoms with Gasteiger partial charge in [0.2, 0.25) is 0 Å². The Morgan fingerprint density at radius 2 is 2.19 bits per heavy atom. The molecule has 3 aliphatic heterocycles. The molecular weight excluding hydrogens is 338 g/mol. The molecule has 3 aliphatic rings. The van der Waals surface area contributed by atoms with Crippen LogP contribution in [0.3, 0.4) is 0 Å². The van der Waals surface area contributed by atoms with Gasteiger partial charge in [0.05, 0.1) is 44.7 Å². The molecule has 1 spiro atoms. The molecule has 0 aliphatic carbocycles. The van der Waals surface area contributed by atoms with Crippen LogP contribution < -0.4 is 0 Å². The Balaban J connectivity index is 1.32. The van der Waals surface area contributed by atoms with E-state index in [4.69, 9.17) is 18.9 Å². The van der Waals surface area contributed by atoms with Crippen LogP contribution in [0.4, 0.5) is 0 Å². The third-order valence-electron chi connectivity index (χ3n) is 5.37. The monoisotopic (exact) mass is 365 g/mol. The minimum Gasteiger partial charge on any atom is -0.353 e. The van der Waals surface area contributed by atoms with Crippen molar-refractivity contribution < 1.29 is 23.7 Å². The van der Waals surface area contributed by atoms with Gasteiger partial charge in [-0.15, -0.1) is 0 Å². The van der Waals surface area contributed by atoms with Gasteiger partial charge in [-0.05, 0) is 26.2 Å². The molecule has 3 fully saturated rings. The van der Waals surface area contributed by atoms with E-state index < -0.39 is 5.79 Å². The first kappa shape index (κ1) is 17.9. The summed E-state index contributed by atoms with van der Waals surface area (Å²) in [7, 11) is 0. The average Bonchev–Trinajstić information content (AvgIpc) is 3.38. The standard InChI is InChI=1S/C18H27N3O5/c1-14-15(17(22)20-6-5-18(13-20)25-10-11-26-18)12-19-21(14)7-9-24-16-4-2-3-8-23-16/h12,16H,2-11,13H2,1H3/t16-/m1/s1. The van der Waals surface area contributed by atoms with Crippen molar-refractivity contribution in [1.29, 1.82) is 0 Å². The van der Waals surface area contributed by atoms with E-state index in [1.54, 1.807) is 11.1 Å². The molecule has 1 aromatic rings. The third kappa shape index (κ3) is 3.64. The van der Waals surface area contributed by atoms with Gasteiger partial charge >= 0.3 is 0 Å². The molecule has 26 heavy (non-hydrogen) atoms. The van der Waals surface area contributed by atoms with Gasteiger partial charge in [-0.2, -0.15) is 5.10 Å². The van der Waals surface area contributed by atoms with Gasteiger partial charge in [0.15, 0.2) is 12.1 Å². The quantitative estimate of drug-likeness (QED) is 0.784. The van der Waals surface area contributed by atoms with Crippen molar-refractivity contribution in [3.05, 3.63) is 17.5 Å². The van der Waals surface area contributed by atoms with E-state index in [1.165, 1.54) is 0 Å². The average molecular weight is 365 g/mol. The van der Waals surface area contributed by atoms with E-state index in [0.717, 1.165) is 38.0 Å². The topological polar surface area (TPSA) is 75.1 Å². The highest BCUT2D eigenvalue weighted by molar-refractivity contribution is 5.95. The lowest BCUT2D eigenvalue weighted by Crippen LogP contribution is -2.37. The number of likely N-dealkylation sites (tertiary alicyclic amines) is 1. The molecule has 1 aromatic heterocycles. The maximum Gasteiger partial charge on any atom is 0.257 e. The lowest BCUT2D eigenvalue weighted by atomic mass is 10.2. The molecule has 0 aromatic carbocycles. The van der Waals surface area contributed by atoms with E-state index in [-0.39, 0.29) is 12.2 Å². The van der Waals surface area contributed by atoms with Crippen molar-refractivity contribution in [3.8, 4) is 0 Å². The van der Waals surface area contributed by atoms with E-state index in [2.05, 4.69) is 5.10 Å². The summed E-state index contributed by atoms with van der Waals surface area (Å²) in [4.78, 5) is 14.7. The van der Waals surface area contributed by atoms with Crippen molar-refractivity contribution in [3.63, 3.8) is 0 Å². The second-order valence-corrected chi connectivity index (χ2v) is 7.12. The smallest absolute Gasteiger partial charge is 0.257 e. The molecule has 1 atom stereocenters. The van der Waals surface area contributed by atoms with Crippen LogP contribution in [0, 0.1) is 6.92 Å². The zero-order valence-corrected chi connectivity index (χ0v) is 15.3. The maximum atomic E-state index is 12.9. The molecular formula is C18H27N3O5. The van der Waals surface area contributed by atoms with Crippen LogP contribution in [-0.2, 0) is 25.5 Å². The second kappa shape index (κ2) is 7.64. The predicted octanol–water partition coefficient (Wildman–Crippen LogP) is 1.32. The summed E-state index contributed by atoms with van der Waals surface area (Å²) in [6.45, 7) is 6.16. The number of carbonyl (C=O) groups excluding carboxylic acids is 1. The van der Waals surface area contributed by atoms with Crippen molar-refractivity contribution in [2.45, 2.75) is 51.2 Å². The van der Waals surface area contributed by atoms with E-state index in [9.17, 15) is 4.79 Å². The molecule has 3 saturated heterocycles. The Bertz CT molecular complexity index is 635. The zero-order valence-electron chi connectivity index (χ0n) is 15.3. The number of nitrogens with zero attached hydrogens (tertiary/aromatic N) is 3. The molecule has 8 nitrogen and oxygen atoms in total. The fourth-order valence-electron chi connectivity index (χ4n) is 3.83. The molecule has 0 saturated carbocycles. The molecule has 144 valence electrons. The fourth-order valence-corrected chi connectivity index (χ4v) is 3.83. The number of hydrogen-bond donors (Lipinski definition) is 0. The minimum atomic E-state index is -0.590. The Labute approximate surface area is 153 Å². The summed E-state index contributed by atoms with van der Waals surface area (Å²) >= 11 is 0. The number of rotatable bonds is 5. The number of ether oxygens (including phenoxy) is 4. The van der Waals surface area contributed by atoms with Crippen LogP contribution in [0.2, 0.25) is 0 Å². The number of carbonyl (C=O) groups is 1. The van der Waals surface area contributed by atoms with Gasteiger partial charge in [0.25, 0.3) is 5.91 Å². The van der Waals surface area contributed by atoms with Crippen LogP contribution in [0.1, 0.15) is 41.7 Å². The first-order valence-corrected chi connectivity index (χ1v) is 9.50. The molecule has 0 bridgehead atoms. The lowest BCUT2D eigenvalue weighted by molar-refractivity contribution is -0.163. The van der Waals surface area contributed by atoms with E-state index >= 15 is 0 Å². The van der Waals surface area contributed by atoms with Gasteiger partial charge < -0.3 is 23.8 Å². The SMILES string of the molecule is Cc1c(C(=O)N2CCC3(C2)OCCO3)cnn1CCO[C@@H]1CCCCO1. The van der Waals surface area contributed by atoms with Crippen molar-refractivity contribution in [2.24, 2.45) is 0 Å². The molecule has 0 N–H and O–H groups in total. The van der Waals surface area contributed by atoms with Crippen LogP contribution in [0.25, 0.3) is 0 Å². The Hall–Kier alpha value is -1.48. The van der Waals surface area contributed by atoms with Gasteiger partial charge in [0, 0.05) is 25.3 Å². The maximum absolute atomic E-state index is 12.9. The summed E-state index contributed by atoms with van der Waals surface area (Å²) in [6.07, 6.45) is 5.47. The second-order valence-electron chi connectivity index (χ2n) is 7.12. The highest BCUT2D eigenvalue weighted by Gasteiger charge is 2.45. The fraction of sp³-hybridized carbons (Fsp3) is 0.778. The Morgan fingerprint density at radius 1 is 1.35 bits per heavy atom. The van der Waals surface area contributed by atoms with E-state index in [1.807, 2.05) is 11.6 Å². The summed E-state index contributed by atoms with van der Waals surface area (Å²) < 4.78 is 24.6. The van der Waals surface area contributed by atoms with Gasteiger partial charge in [-0.1, -0.05) is 0 Å². The first-order valence-electron chi connectivity index (χ1n) is 9.50. The molecule has 1 amide bonds. The van der Waals surface area contributed by atoms with Crippen molar-refractivity contribution >= 4 is 5.91 Å². The molecule has 4 rings (SSSR count). The highest BCUT2D eigenvalue weighted by Crippen LogP contribution is 2.31. The predicted molar refractivity (Wildman–Crippen MR) is 91.7 cm³/mol. The molecule has 0 unspecified atom stereocenters. The molecule has 8 heteroatoms. The lowest BCUT2D eigenvalue weighted by Gasteiger charge is -2.23. The van der Waals surface area contributed by atoms with Crippen LogP contribution in [0.15, 0.2) is 6.20 Å². The van der Waals surface area contributed by atoms with Gasteiger partial charge in [-0.3, -0.25) is 9.48 Å². The zero-order chi connectivity index (χ0) is 18.0. The van der Waals surface area contributed by atoms with Crippen molar-refractivity contribution in [1.82, 2.24) is 14.7 Å². The Kier molecular flexibility index (Phi) is 5.26. The molecule has 4 heterocycles. The largest absolute Gasteiger partial charge is 0.353 e. The third-order valence-corrected chi connectivity index (χ3v) is 5.37. The van der Waals surface area contributed by atoms with Gasteiger partial charge in [0.1, 0.15) is 0 Å².